The number of nitrogens with zero attached hydrogens (tertiary/aromatic N) is 1. The van der Waals surface area contributed by atoms with Gasteiger partial charge in [0.15, 0.2) is 0 Å². The van der Waals surface area contributed by atoms with Gasteiger partial charge in [0.1, 0.15) is 5.60 Å². The minimum atomic E-state index is -4.75. The maximum absolute atomic E-state index is 13.1. The summed E-state index contributed by atoms with van der Waals surface area (Å²) in [4.78, 5) is 23.5. The number of rotatable bonds is 3. The highest BCUT2D eigenvalue weighted by atomic mass is 19.4. The fraction of sp³-hybridized carbons (Fsp3) is 0.467. The van der Waals surface area contributed by atoms with E-state index in [2.05, 4.69) is 0 Å². The highest BCUT2D eigenvalue weighted by Crippen LogP contribution is 2.33. The highest BCUT2D eigenvalue weighted by Gasteiger charge is 2.34. The van der Waals surface area contributed by atoms with Gasteiger partial charge in [-0.2, -0.15) is 13.2 Å². The molecule has 0 N–H and O–H groups in total. The van der Waals surface area contributed by atoms with Crippen molar-refractivity contribution >= 4 is 12.1 Å². The first-order valence-corrected chi connectivity index (χ1v) is 6.67. The van der Waals surface area contributed by atoms with Gasteiger partial charge in [0.25, 0.3) is 0 Å². The summed E-state index contributed by atoms with van der Waals surface area (Å²) in [6.07, 6.45) is -5.54. The summed E-state index contributed by atoms with van der Waals surface area (Å²) in [6.45, 7) is 4.52. The van der Waals surface area contributed by atoms with Gasteiger partial charge >= 0.3 is 12.3 Å². The summed E-state index contributed by atoms with van der Waals surface area (Å²) >= 11 is 0. The van der Waals surface area contributed by atoms with Crippen molar-refractivity contribution in [1.82, 2.24) is 4.90 Å². The number of carboxylic acid groups (broad SMARTS) is 1. The standard InChI is InChI=1S/C15H18F3NO4/c1-14(2,3)23-13(22)19(4)8-10-6-5-9(12(20)21)7-11(10)15(16,17)18/h5-7H,8H2,1-4H3,(H,20,21)/p-1. The van der Waals surface area contributed by atoms with Gasteiger partial charge in [-0.15, -0.1) is 0 Å². The zero-order valence-electron chi connectivity index (χ0n) is 13.2. The zero-order chi connectivity index (χ0) is 18.0. The van der Waals surface area contributed by atoms with Crippen molar-refractivity contribution in [2.24, 2.45) is 0 Å². The number of halogens is 3. The Morgan fingerprint density at radius 3 is 2.22 bits per heavy atom. The number of carbonyl (C=O) groups is 2. The molecule has 1 amide bonds. The number of hydrogen-bond donors (Lipinski definition) is 0. The number of ether oxygens (including phenoxy) is 1. The molecule has 0 aliphatic rings. The fourth-order valence-corrected chi connectivity index (χ4v) is 1.77. The van der Waals surface area contributed by atoms with Crippen LogP contribution in [0.25, 0.3) is 0 Å². The molecule has 0 unspecified atom stereocenters. The van der Waals surface area contributed by atoms with Crippen LogP contribution in [-0.2, 0) is 17.5 Å². The number of amides is 1. The van der Waals surface area contributed by atoms with Crippen molar-refractivity contribution in [3.63, 3.8) is 0 Å². The number of hydrogen-bond acceptors (Lipinski definition) is 4. The summed E-state index contributed by atoms with van der Waals surface area (Å²) in [5.41, 5.74) is -2.73. The van der Waals surface area contributed by atoms with Crippen molar-refractivity contribution in [3.8, 4) is 0 Å². The van der Waals surface area contributed by atoms with E-state index in [0.29, 0.717) is 6.07 Å². The fourth-order valence-electron chi connectivity index (χ4n) is 1.77. The van der Waals surface area contributed by atoms with Gasteiger partial charge in [0, 0.05) is 13.6 Å². The van der Waals surface area contributed by atoms with E-state index in [0.717, 1.165) is 17.0 Å². The summed E-state index contributed by atoms with van der Waals surface area (Å²) in [5.74, 6) is -1.71. The summed E-state index contributed by atoms with van der Waals surface area (Å²) < 4.78 is 44.3. The van der Waals surface area contributed by atoms with Gasteiger partial charge in [-0.3, -0.25) is 0 Å². The van der Waals surface area contributed by atoms with E-state index in [-0.39, 0.29) is 12.1 Å². The Morgan fingerprint density at radius 1 is 1.22 bits per heavy atom. The second kappa shape index (κ2) is 6.47. The van der Waals surface area contributed by atoms with Crippen molar-refractivity contribution in [2.75, 3.05) is 7.05 Å². The minimum absolute atomic E-state index is 0.240. The Morgan fingerprint density at radius 2 is 1.78 bits per heavy atom. The van der Waals surface area contributed by atoms with E-state index in [9.17, 15) is 27.9 Å². The second-order valence-corrected chi connectivity index (χ2v) is 5.99. The molecule has 1 aromatic rings. The van der Waals surface area contributed by atoms with Crippen LogP contribution in [0.4, 0.5) is 18.0 Å². The molecular formula is C15H17F3NO4-. The van der Waals surface area contributed by atoms with Crippen LogP contribution < -0.4 is 5.11 Å². The van der Waals surface area contributed by atoms with Gasteiger partial charge in [-0.25, -0.2) is 4.79 Å². The van der Waals surface area contributed by atoms with Crippen molar-refractivity contribution in [2.45, 2.75) is 39.1 Å². The van der Waals surface area contributed by atoms with Crippen LogP contribution in [0, 0.1) is 0 Å². The second-order valence-electron chi connectivity index (χ2n) is 5.99. The van der Waals surface area contributed by atoms with Crippen LogP contribution in [0.3, 0.4) is 0 Å². The first-order chi connectivity index (χ1) is 10.3. The molecule has 0 aromatic heterocycles. The van der Waals surface area contributed by atoms with Crippen molar-refractivity contribution < 1.29 is 32.6 Å². The average molecular weight is 332 g/mol. The monoisotopic (exact) mass is 332 g/mol. The summed E-state index contributed by atoms with van der Waals surface area (Å²) in [5, 5.41) is 10.7. The first-order valence-electron chi connectivity index (χ1n) is 6.67. The molecule has 8 heteroatoms. The quantitative estimate of drug-likeness (QED) is 0.852. The molecule has 1 rings (SSSR count). The molecule has 0 atom stereocenters. The molecular weight excluding hydrogens is 315 g/mol. The smallest absolute Gasteiger partial charge is 0.416 e. The predicted molar refractivity (Wildman–Crippen MR) is 73.5 cm³/mol. The van der Waals surface area contributed by atoms with Gasteiger partial charge in [0.05, 0.1) is 11.5 Å². The maximum Gasteiger partial charge on any atom is 0.416 e. The van der Waals surface area contributed by atoms with Crippen LogP contribution in [0.1, 0.15) is 42.3 Å². The zero-order valence-corrected chi connectivity index (χ0v) is 13.2. The first kappa shape index (κ1) is 18.8. The van der Waals surface area contributed by atoms with Gasteiger partial charge in [-0.1, -0.05) is 12.1 Å². The predicted octanol–water partition coefficient (Wildman–Crippen LogP) is 2.44. The molecule has 23 heavy (non-hydrogen) atoms. The highest BCUT2D eigenvalue weighted by molar-refractivity contribution is 5.86. The van der Waals surface area contributed by atoms with Gasteiger partial charge in [-0.05, 0) is 38.0 Å². The average Bonchev–Trinajstić information content (AvgIpc) is 2.35. The molecule has 0 fully saturated rings. The summed E-state index contributed by atoms with van der Waals surface area (Å²) in [7, 11) is 1.29. The van der Waals surface area contributed by atoms with E-state index in [4.69, 9.17) is 4.74 Å². The third-order valence-corrected chi connectivity index (χ3v) is 2.76. The Bertz CT molecular complexity index is 606. The molecule has 0 spiro atoms. The Balaban J connectivity index is 3.08. The Labute approximate surface area is 131 Å². The lowest BCUT2D eigenvalue weighted by Crippen LogP contribution is -2.34. The molecule has 0 saturated heterocycles. The number of benzene rings is 1. The van der Waals surface area contributed by atoms with Crippen molar-refractivity contribution in [1.29, 1.82) is 0 Å². The number of alkyl halides is 3. The lowest BCUT2D eigenvalue weighted by Gasteiger charge is -2.25. The van der Waals surface area contributed by atoms with E-state index in [1.54, 1.807) is 20.8 Å². The molecule has 1 aromatic carbocycles. The maximum atomic E-state index is 13.1. The van der Waals surface area contributed by atoms with E-state index >= 15 is 0 Å². The molecule has 5 nitrogen and oxygen atoms in total. The minimum Gasteiger partial charge on any atom is -0.545 e. The lowest BCUT2D eigenvalue weighted by molar-refractivity contribution is -0.255. The summed E-state index contributed by atoms with van der Waals surface area (Å²) in [6, 6.07) is 2.51. The van der Waals surface area contributed by atoms with Crippen LogP contribution in [0.2, 0.25) is 0 Å². The van der Waals surface area contributed by atoms with Crippen LogP contribution in [-0.4, -0.2) is 29.6 Å². The van der Waals surface area contributed by atoms with E-state index in [1.165, 1.54) is 7.05 Å². The molecule has 0 bridgehead atoms. The molecule has 0 heterocycles. The van der Waals surface area contributed by atoms with Crippen LogP contribution in [0.5, 0.6) is 0 Å². The van der Waals surface area contributed by atoms with E-state index in [1.807, 2.05) is 0 Å². The Kier molecular flexibility index (Phi) is 5.29. The van der Waals surface area contributed by atoms with Crippen molar-refractivity contribution in [3.05, 3.63) is 34.9 Å². The normalized spacial score (nSPS) is 12.0. The molecule has 0 radical (unpaired) electrons. The van der Waals surface area contributed by atoms with Crippen LogP contribution in [0.15, 0.2) is 18.2 Å². The lowest BCUT2D eigenvalue weighted by atomic mass is 10.0. The largest absolute Gasteiger partial charge is 0.545 e. The van der Waals surface area contributed by atoms with E-state index < -0.39 is 35.0 Å². The topological polar surface area (TPSA) is 69.7 Å². The van der Waals surface area contributed by atoms with Gasteiger partial charge < -0.3 is 19.5 Å². The molecule has 0 aliphatic heterocycles. The molecule has 128 valence electrons. The number of carbonyl (C=O) groups excluding carboxylic acids is 2. The molecule has 0 saturated carbocycles. The van der Waals surface area contributed by atoms with Crippen LogP contribution >= 0.6 is 0 Å². The third-order valence-electron chi connectivity index (χ3n) is 2.76. The SMILES string of the molecule is CN(Cc1ccc(C(=O)[O-])cc1C(F)(F)F)C(=O)OC(C)(C)C. The van der Waals surface area contributed by atoms with Gasteiger partial charge in [0.2, 0.25) is 0 Å². The number of carboxylic acids is 1. The third kappa shape index (κ3) is 5.46. The Hall–Kier alpha value is -2.25. The number of aromatic carboxylic acids is 1. The molecule has 0 aliphatic carbocycles.